The third kappa shape index (κ3) is 3.20. The van der Waals surface area contributed by atoms with Crippen molar-refractivity contribution in [2.75, 3.05) is 13.1 Å². The number of amides is 1. The molecule has 1 aliphatic heterocycles. The van der Waals surface area contributed by atoms with Gasteiger partial charge in [0.25, 0.3) is 10.0 Å². The highest BCUT2D eigenvalue weighted by Gasteiger charge is 2.52. The van der Waals surface area contributed by atoms with E-state index in [1.807, 2.05) is 6.92 Å². The third-order valence-electron chi connectivity index (χ3n) is 4.59. The van der Waals surface area contributed by atoms with Gasteiger partial charge in [0.05, 0.1) is 5.92 Å². The van der Waals surface area contributed by atoms with E-state index in [1.54, 1.807) is 12.1 Å². The summed E-state index contributed by atoms with van der Waals surface area (Å²) in [6.07, 6.45) is 2.01. The first-order valence-corrected chi connectivity index (χ1v) is 10.1. The number of carbonyl (C=O) groups excluding carboxylic acids is 1. The Balaban J connectivity index is 1.70. The molecule has 1 atom stereocenters. The van der Waals surface area contributed by atoms with Crippen molar-refractivity contribution < 1.29 is 23.1 Å². The molecule has 1 aliphatic carbocycles. The van der Waals surface area contributed by atoms with E-state index in [0.717, 1.165) is 4.88 Å². The van der Waals surface area contributed by atoms with Gasteiger partial charge in [-0.25, -0.2) is 13.2 Å². The predicted molar refractivity (Wildman–Crippen MR) is 88.3 cm³/mol. The smallest absolute Gasteiger partial charge is 0.329 e. The van der Waals surface area contributed by atoms with E-state index in [0.29, 0.717) is 32.2 Å². The number of rotatable bonds is 5. The number of aliphatic carboxylic acids is 1. The van der Waals surface area contributed by atoms with Gasteiger partial charge in [-0.1, -0.05) is 0 Å². The van der Waals surface area contributed by atoms with Gasteiger partial charge in [0.2, 0.25) is 5.91 Å². The number of nitrogens with zero attached hydrogens (tertiary/aromatic N) is 1. The summed E-state index contributed by atoms with van der Waals surface area (Å²) in [5.74, 6) is -1.89. The Hall–Kier alpha value is -1.45. The Morgan fingerprint density at radius 2 is 2.08 bits per heavy atom. The minimum absolute atomic E-state index is 0.0980. The first-order chi connectivity index (χ1) is 11.2. The van der Waals surface area contributed by atoms with Crippen LogP contribution < -0.4 is 5.32 Å². The summed E-state index contributed by atoms with van der Waals surface area (Å²) in [6, 6.07) is 3.35. The fourth-order valence-electron chi connectivity index (χ4n) is 2.91. The fourth-order valence-corrected chi connectivity index (χ4v) is 5.87. The zero-order valence-electron chi connectivity index (χ0n) is 13.3. The molecule has 0 aromatic carbocycles. The Labute approximate surface area is 144 Å². The molecule has 1 unspecified atom stereocenters. The highest BCUT2D eigenvalue weighted by molar-refractivity contribution is 7.91. The number of aryl methyl sites for hydroxylation is 1. The SMILES string of the molecule is Cc1ccc(S(=O)(=O)N2CCCC(C(=O)NC3(C(=O)O)CC3)C2)s1. The summed E-state index contributed by atoms with van der Waals surface area (Å²) in [5, 5.41) is 11.8. The van der Waals surface area contributed by atoms with Crippen molar-refractivity contribution in [3.05, 3.63) is 17.0 Å². The zero-order valence-corrected chi connectivity index (χ0v) is 15.0. The van der Waals surface area contributed by atoms with Crippen LogP contribution in [0.1, 0.15) is 30.6 Å². The van der Waals surface area contributed by atoms with Crippen molar-refractivity contribution in [3.63, 3.8) is 0 Å². The van der Waals surface area contributed by atoms with E-state index in [2.05, 4.69) is 5.32 Å². The lowest BCUT2D eigenvalue weighted by molar-refractivity contribution is -0.144. The van der Waals surface area contributed by atoms with Crippen molar-refractivity contribution in [2.24, 2.45) is 5.92 Å². The Bertz CT molecular complexity index is 767. The number of carbonyl (C=O) groups is 2. The molecule has 24 heavy (non-hydrogen) atoms. The number of piperidine rings is 1. The van der Waals surface area contributed by atoms with Gasteiger partial charge in [0.15, 0.2) is 0 Å². The lowest BCUT2D eigenvalue weighted by atomic mass is 9.98. The molecule has 132 valence electrons. The fraction of sp³-hybridized carbons (Fsp3) is 0.600. The van der Waals surface area contributed by atoms with Gasteiger partial charge in [-0.2, -0.15) is 4.31 Å². The topological polar surface area (TPSA) is 104 Å². The Kier molecular flexibility index (Phi) is 4.43. The second-order valence-electron chi connectivity index (χ2n) is 6.44. The standard InChI is InChI=1S/C15H20N2O5S2/c1-10-4-5-12(23-10)24(21,22)17-8-2-3-11(9-17)13(18)16-15(6-7-15)14(19)20/h4-5,11H,2-3,6-9H2,1H3,(H,16,18)(H,19,20). The van der Waals surface area contributed by atoms with Crippen LogP contribution in [0.25, 0.3) is 0 Å². The number of nitrogens with one attached hydrogen (secondary N) is 1. The van der Waals surface area contributed by atoms with Crippen molar-refractivity contribution >= 4 is 33.2 Å². The normalized spacial score (nSPS) is 23.6. The Morgan fingerprint density at radius 1 is 1.38 bits per heavy atom. The summed E-state index contributed by atoms with van der Waals surface area (Å²) in [7, 11) is -3.60. The lowest BCUT2D eigenvalue weighted by Gasteiger charge is -2.31. The molecule has 3 rings (SSSR count). The van der Waals surface area contributed by atoms with E-state index < -0.39 is 27.4 Å². The summed E-state index contributed by atoms with van der Waals surface area (Å²) in [4.78, 5) is 24.5. The van der Waals surface area contributed by atoms with E-state index >= 15 is 0 Å². The minimum Gasteiger partial charge on any atom is -0.480 e. The molecule has 7 nitrogen and oxygen atoms in total. The van der Waals surface area contributed by atoms with E-state index in [4.69, 9.17) is 5.11 Å². The van der Waals surface area contributed by atoms with E-state index in [-0.39, 0.29) is 16.7 Å². The molecule has 0 radical (unpaired) electrons. The average Bonchev–Trinajstić information content (AvgIpc) is 3.19. The largest absolute Gasteiger partial charge is 0.480 e. The van der Waals surface area contributed by atoms with Crippen molar-refractivity contribution in [3.8, 4) is 0 Å². The van der Waals surface area contributed by atoms with Gasteiger partial charge in [-0.05, 0) is 44.7 Å². The van der Waals surface area contributed by atoms with E-state index in [1.165, 1.54) is 15.6 Å². The molecule has 1 saturated heterocycles. The molecule has 1 aromatic heterocycles. The lowest BCUT2D eigenvalue weighted by Crippen LogP contribution is -2.50. The second kappa shape index (κ2) is 6.12. The van der Waals surface area contributed by atoms with Crippen LogP contribution in [0, 0.1) is 12.8 Å². The maximum atomic E-state index is 12.7. The first-order valence-electron chi connectivity index (χ1n) is 7.87. The van der Waals surface area contributed by atoms with Crippen LogP contribution in [0.4, 0.5) is 0 Å². The number of carboxylic acid groups (broad SMARTS) is 1. The molecular weight excluding hydrogens is 352 g/mol. The van der Waals surface area contributed by atoms with Gasteiger partial charge in [0, 0.05) is 18.0 Å². The summed E-state index contributed by atoms with van der Waals surface area (Å²) >= 11 is 1.21. The monoisotopic (exact) mass is 372 g/mol. The quantitative estimate of drug-likeness (QED) is 0.808. The molecule has 1 saturated carbocycles. The van der Waals surface area contributed by atoms with Crippen LogP contribution in [-0.4, -0.2) is 48.3 Å². The molecule has 0 bridgehead atoms. The molecule has 2 N–H and O–H groups in total. The first kappa shape index (κ1) is 17.4. The molecule has 9 heteroatoms. The molecule has 2 fully saturated rings. The third-order valence-corrected chi connectivity index (χ3v) is 7.92. The van der Waals surface area contributed by atoms with Gasteiger partial charge in [-0.3, -0.25) is 4.79 Å². The van der Waals surface area contributed by atoms with Crippen LogP contribution in [0.3, 0.4) is 0 Å². The summed E-state index contributed by atoms with van der Waals surface area (Å²) in [6.45, 7) is 2.32. The molecule has 1 amide bonds. The van der Waals surface area contributed by atoms with Crippen molar-refractivity contribution in [1.82, 2.24) is 9.62 Å². The summed E-state index contributed by atoms with van der Waals surface area (Å²) in [5.41, 5.74) is -1.14. The maximum Gasteiger partial charge on any atom is 0.329 e. The zero-order chi connectivity index (χ0) is 17.5. The van der Waals surface area contributed by atoms with Gasteiger partial charge in [0.1, 0.15) is 9.75 Å². The second-order valence-corrected chi connectivity index (χ2v) is 9.90. The molecule has 2 aliphatic rings. The molecule has 0 spiro atoms. The van der Waals surface area contributed by atoms with Crippen LogP contribution in [0.2, 0.25) is 0 Å². The number of thiophene rings is 1. The van der Waals surface area contributed by atoms with Crippen LogP contribution in [-0.2, 0) is 19.6 Å². The highest BCUT2D eigenvalue weighted by Crippen LogP contribution is 2.36. The van der Waals surface area contributed by atoms with Crippen molar-refractivity contribution in [2.45, 2.75) is 42.4 Å². The maximum absolute atomic E-state index is 12.7. The van der Waals surface area contributed by atoms with Gasteiger partial charge >= 0.3 is 5.97 Å². The number of hydrogen-bond donors (Lipinski definition) is 2. The van der Waals surface area contributed by atoms with Crippen LogP contribution in [0.15, 0.2) is 16.3 Å². The van der Waals surface area contributed by atoms with Crippen LogP contribution >= 0.6 is 11.3 Å². The van der Waals surface area contributed by atoms with Crippen LogP contribution in [0.5, 0.6) is 0 Å². The highest BCUT2D eigenvalue weighted by atomic mass is 32.2. The average molecular weight is 372 g/mol. The Morgan fingerprint density at radius 3 is 2.62 bits per heavy atom. The van der Waals surface area contributed by atoms with Crippen molar-refractivity contribution in [1.29, 1.82) is 0 Å². The van der Waals surface area contributed by atoms with Gasteiger partial charge in [-0.15, -0.1) is 11.3 Å². The molecule has 2 heterocycles. The van der Waals surface area contributed by atoms with E-state index in [9.17, 15) is 18.0 Å². The number of sulfonamides is 1. The predicted octanol–water partition coefficient (Wildman–Crippen LogP) is 1.19. The van der Waals surface area contributed by atoms with Gasteiger partial charge < -0.3 is 10.4 Å². The number of carboxylic acids is 1. The summed E-state index contributed by atoms with van der Waals surface area (Å²) < 4.78 is 27.0. The minimum atomic E-state index is -3.60. The molecule has 1 aromatic rings. The number of hydrogen-bond acceptors (Lipinski definition) is 5. The molecular formula is C15H20N2O5S2.